The maximum absolute atomic E-state index is 5.40. The number of aryl methyl sites for hydroxylation is 2. The first-order chi connectivity index (χ1) is 14.7. The van der Waals surface area contributed by atoms with Gasteiger partial charge in [-0.15, -0.1) is 0 Å². The maximum atomic E-state index is 5.40. The highest BCUT2D eigenvalue weighted by Gasteiger charge is 2.23. The first kappa shape index (κ1) is 18.4. The Bertz CT molecular complexity index is 1200. The van der Waals surface area contributed by atoms with Crippen molar-refractivity contribution in [1.29, 1.82) is 0 Å². The zero-order valence-corrected chi connectivity index (χ0v) is 17.0. The van der Waals surface area contributed by atoms with Gasteiger partial charge in [-0.25, -0.2) is 15.0 Å². The predicted molar refractivity (Wildman–Crippen MR) is 117 cm³/mol. The quantitative estimate of drug-likeness (QED) is 0.531. The highest BCUT2D eigenvalue weighted by molar-refractivity contribution is 5.78. The number of benzene rings is 2. The van der Waals surface area contributed by atoms with E-state index in [1.54, 1.807) is 13.3 Å². The Morgan fingerprint density at radius 3 is 2.83 bits per heavy atom. The summed E-state index contributed by atoms with van der Waals surface area (Å²) in [6, 6.07) is 16.7. The molecule has 2 aromatic carbocycles. The van der Waals surface area contributed by atoms with Crippen molar-refractivity contribution in [3.63, 3.8) is 0 Å². The van der Waals surface area contributed by atoms with Gasteiger partial charge < -0.3 is 14.6 Å². The second-order valence-electron chi connectivity index (χ2n) is 7.48. The van der Waals surface area contributed by atoms with Crippen molar-refractivity contribution in [2.45, 2.75) is 18.9 Å². The zero-order chi connectivity index (χ0) is 20.5. The van der Waals surface area contributed by atoms with Crippen LogP contribution in [0.4, 0.5) is 5.95 Å². The summed E-state index contributed by atoms with van der Waals surface area (Å²) < 4.78 is 7.38. The number of imidazole rings is 1. The molecule has 4 aromatic rings. The van der Waals surface area contributed by atoms with E-state index in [2.05, 4.69) is 39.6 Å². The average Bonchev–Trinajstić information content (AvgIpc) is 3.40. The van der Waals surface area contributed by atoms with Crippen LogP contribution in [0.15, 0.2) is 67.1 Å². The number of hydrogen-bond acceptors (Lipinski definition) is 5. The maximum Gasteiger partial charge on any atom is 0.223 e. The fraction of sp³-hybridized carbons (Fsp3) is 0.208. The molecule has 0 aliphatic heterocycles. The third-order valence-electron chi connectivity index (χ3n) is 5.64. The van der Waals surface area contributed by atoms with Crippen molar-refractivity contribution in [1.82, 2.24) is 19.5 Å². The van der Waals surface area contributed by atoms with Crippen molar-refractivity contribution in [3.8, 4) is 28.4 Å². The van der Waals surface area contributed by atoms with Crippen molar-refractivity contribution in [3.05, 3.63) is 78.2 Å². The summed E-state index contributed by atoms with van der Waals surface area (Å²) in [5.74, 6) is 2.20. The summed E-state index contributed by atoms with van der Waals surface area (Å²) in [5.41, 5.74) is 5.43. The number of hydrogen-bond donors (Lipinski definition) is 1. The van der Waals surface area contributed by atoms with E-state index in [-0.39, 0.29) is 6.04 Å². The summed E-state index contributed by atoms with van der Waals surface area (Å²) in [6.45, 7) is 0. The molecule has 6 nitrogen and oxygen atoms in total. The molecule has 1 N–H and O–H groups in total. The largest absolute Gasteiger partial charge is 0.497 e. The molecule has 0 amide bonds. The molecular weight excluding hydrogens is 374 g/mol. The first-order valence-corrected chi connectivity index (χ1v) is 10.1. The van der Waals surface area contributed by atoms with Gasteiger partial charge in [0.05, 0.1) is 13.2 Å². The van der Waals surface area contributed by atoms with E-state index in [9.17, 15) is 0 Å². The van der Waals surface area contributed by atoms with E-state index in [0.29, 0.717) is 5.95 Å². The molecule has 1 atom stereocenters. The lowest BCUT2D eigenvalue weighted by molar-refractivity contribution is 0.415. The first-order valence-electron chi connectivity index (χ1n) is 10.1. The molecule has 0 saturated carbocycles. The number of nitrogens with zero attached hydrogens (tertiary/aromatic N) is 4. The number of anilines is 1. The van der Waals surface area contributed by atoms with E-state index in [1.807, 2.05) is 48.3 Å². The second kappa shape index (κ2) is 7.63. The minimum atomic E-state index is 0.220. The van der Waals surface area contributed by atoms with Gasteiger partial charge >= 0.3 is 0 Å². The summed E-state index contributed by atoms with van der Waals surface area (Å²) in [6.07, 6.45) is 7.69. The number of nitrogens with one attached hydrogen (secondary N) is 1. The SMILES string of the molecule is COc1cccc(-c2cnc(N[C@@H]3CCc4ccccc43)nc2-c2nccn2C)c1. The number of ether oxygens (including phenoxy) is 1. The highest BCUT2D eigenvalue weighted by Crippen LogP contribution is 2.35. The second-order valence-corrected chi connectivity index (χ2v) is 7.48. The molecule has 150 valence electrons. The molecule has 30 heavy (non-hydrogen) atoms. The summed E-state index contributed by atoms with van der Waals surface area (Å²) >= 11 is 0. The molecule has 2 heterocycles. The van der Waals surface area contributed by atoms with Gasteiger partial charge in [-0.1, -0.05) is 36.4 Å². The summed E-state index contributed by atoms with van der Waals surface area (Å²) in [5, 5.41) is 3.54. The van der Waals surface area contributed by atoms with Crippen molar-refractivity contribution in [2.75, 3.05) is 12.4 Å². The van der Waals surface area contributed by atoms with Crippen LogP contribution in [0.5, 0.6) is 5.75 Å². The molecule has 1 aliphatic rings. The van der Waals surface area contributed by atoms with Crippen LogP contribution in [0, 0.1) is 0 Å². The van der Waals surface area contributed by atoms with Gasteiger partial charge in [-0.05, 0) is 41.7 Å². The molecule has 0 fully saturated rings. The van der Waals surface area contributed by atoms with Crippen molar-refractivity contribution < 1.29 is 4.74 Å². The molecule has 2 aromatic heterocycles. The smallest absolute Gasteiger partial charge is 0.223 e. The van der Waals surface area contributed by atoms with Gasteiger partial charge in [0, 0.05) is 31.2 Å². The van der Waals surface area contributed by atoms with E-state index in [4.69, 9.17) is 9.72 Å². The molecule has 0 spiro atoms. The lowest BCUT2D eigenvalue weighted by atomic mass is 10.0. The Morgan fingerprint density at radius 2 is 2.00 bits per heavy atom. The molecule has 5 rings (SSSR count). The highest BCUT2D eigenvalue weighted by atomic mass is 16.5. The van der Waals surface area contributed by atoms with Crippen LogP contribution in [0.25, 0.3) is 22.6 Å². The number of rotatable bonds is 5. The average molecular weight is 397 g/mol. The van der Waals surface area contributed by atoms with Crippen LogP contribution >= 0.6 is 0 Å². The molecule has 0 unspecified atom stereocenters. The number of aromatic nitrogens is 4. The monoisotopic (exact) mass is 397 g/mol. The lowest BCUT2D eigenvalue weighted by Crippen LogP contribution is -2.11. The van der Waals surface area contributed by atoms with E-state index in [0.717, 1.165) is 41.2 Å². The number of fused-ring (bicyclic) bond motifs is 1. The lowest BCUT2D eigenvalue weighted by Gasteiger charge is -2.16. The Morgan fingerprint density at radius 1 is 1.10 bits per heavy atom. The van der Waals surface area contributed by atoms with Gasteiger partial charge in [-0.2, -0.15) is 0 Å². The van der Waals surface area contributed by atoms with Gasteiger partial charge in [0.25, 0.3) is 0 Å². The van der Waals surface area contributed by atoms with Crippen LogP contribution < -0.4 is 10.1 Å². The summed E-state index contributed by atoms with van der Waals surface area (Å²) in [4.78, 5) is 14.1. The Hall–Kier alpha value is -3.67. The van der Waals surface area contributed by atoms with Gasteiger partial charge in [0.15, 0.2) is 5.82 Å². The number of methoxy groups -OCH3 is 1. The zero-order valence-electron chi connectivity index (χ0n) is 17.0. The Kier molecular flexibility index (Phi) is 4.67. The molecule has 1 aliphatic carbocycles. The molecular formula is C24H23N5O. The normalized spacial score (nSPS) is 15.1. The topological polar surface area (TPSA) is 64.9 Å². The van der Waals surface area contributed by atoms with Gasteiger partial charge in [0.1, 0.15) is 11.4 Å². The van der Waals surface area contributed by atoms with Crippen molar-refractivity contribution >= 4 is 5.95 Å². The summed E-state index contributed by atoms with van der Waals surface area (Å²) in [7, 11) is 3.64. The van der Waals surface area contributed by atoms with Crippen LogP contribution in [0.3, 0.4) is 0 Å². The Balaban J connectivity index is 1.56. The molecule has 0 bridgehead atoms. The van der Waals surface area contributed by atoms with Crippen LogP contribution in [0.1, 0.15) is 23.6 Å². The molecule has 0 radical (unpaired) electrons. The standard InChI is InChI=1S/C24H23N5O/c1-29-13-12-25-23(29)22-20(17-7-5-8-18(14-17)30-2)15-26-24(28-22)27-21-11-10-16-6-3-4-9-19(16)21/h3-9,12-15,21H,10-11H2,1-2H3,(H,26,27,28)/t21-/m1/s1. The minimum absolute atomic E-state index is 0.220. The van der Waals surface area contributed by atoms with Crippen LogP contribution in [0.2, 0.25) is 0 Å². The third-order valence-corrected chi connectivity index (χ3v) is 5.64. The minimum Gasteiger partial charge on any atom is -0.497 e. The van der Waals surface area contributed by atoms with Crippen LogP contribution in [-0.4, -0.2) is 26.6 Å². The molecule has 0 saturated heterocycles. The third kappa shape index (κ3) is 3.30. The van der Waals surface area contributed by atoms with Crippen LogP contribution in [-0.2, 0) is 13.5 Å². The van der Waals surface area contributed by atoms with Gasteiger partial charge in [0.2, 0.25) is 5.95 Å². The van der Waals surface area contributed by atoms with Gasteiger partial charge in [-0.3, -0.25) is 0 Å². The predicted octanol–water partition coefficient (Wildman–Crippen LogP) is 4.65. The van der Waals surface area contributed by atoms with E-state index < -0.39 is 0 Å². The molecule has 6 heteroatoms. The fourth-order valence-electron chi connectivity index (χ4n) is 4.08. The fourth-order valence-corrected chi connectivity index (χ4v) is 4.08. The van der Waals surface area contributed by atoms with E-state index >= 15 is 0 Å². The van der Waals surface area contributed by atoms with E-state index in [1.165, 1.54) is 11.1 Å². The Labute approximate surface area is 175 Å². The van der Waals surface area contributed by atoms with Crippen molar-refractivity contribution in [2.24, 2.45) is 7.05 Å².